The first-order chi connectivity index (χ1) is 12.8. The van der Waals surface area contributed by atoms with Crippen LogP contribution in [0.15, 0.2) is 36.9 Å². The smallest absolute Gasteiger partial charge is 0.252 e. The number of likely N-dealkylation sites (N-methyl/N-ethyl adjacent to an activating group) is 1. The van der Waals surface area contributed by atoms with Gasteiger partial charge >= 0.3 is 0 Å². The Morgan fingerprint density at radius 3 is 2.30 bits per heavy atom. The number of nitrogens with one attached hydrogen (secondary N) is 2. The van der Waals surface area contributed by atoms with Gasteiger partial charge in [0.2, 0.25) is 11.8 Å². The molecule has 1 fully saturated rings. The highest BCUT2D eigenvalue weighted by atomic mass is 16.2. The van der Waals surface area contributed by atoms with Crippen molar-refractivity contribution >= 4 is 23.4 Å². The Bertz CT molecular complexity index is 704. The van der Waals surface area contributed by atoms with Gasteiger partial charge in [-0.2, -0.15) is 0 Å². The Kier molecular flexibility index (Phi) is 6.77. The lowest BCUT2D eigenvalue weighted by Gasteiger charge is -2.29. The topological polar surface area (TPSA) is 78.5 Å². The standard InChI is InChI=1S/C21H29N3O3/c1-5-18(25)24(4)17-10-8-16(9-11-17)19(26)23-21(12-6-7-13-21)20(27)22-14-15(2)3/h5,8-11,15H,1,6-7,12-14H2,2-4H3,(H,22,27)(H,23,26). The van der Waals surface area contributed by atoms with Crippen LogP contribution >= 0.6 is 0 Å². The summed E-state index contributed by atoms with van der Waals surface area (Å²) in [6, 6.07) is 6.73. The van der Waals surface area contributed by atoms with Crippen molar-refractivity contribution in [1.29, 1.82) is 0 Å². The highest BCUT2D eigenvalue weighted by Gasteiger charge is 2.42. The number of hydrogen-bond acceptors (Lipinski definition) is 3. The Morgan fingerprint density at radius 2 is 1.78 bits per heavy atom. The lowest BCUT2D eigenvalue weighted by atomic mass is 9.95. The third-order valence-corrected chi connectivity index (χ3v) is 4.94. The van der Waals surface area contributed by atoms with Crippen LogP contribution in [0, 0.1) is 5.92 Å². The quantitative estimate of drug-likeness (QED) is 0.723. The van der Waals surface area contributed by atoms with Gasteiger partial charge in [0, 0.05) is 24.8 Å². The van der Waals surface area contributed by atoms with E-state index in [0.717, 1.165) is 12.8 Å². The number of nitrogens with zero attached hydrogens (tertiary/aromatic N) is 1. The van der Waals surface area contributed by atoms with Crippen LogP contribution < -0.4 is 15.5 Å². The van der Waals surface area contributed by atoms with Crippen LogP contribution in [0.25, 0.3) is 0 Å². The molecular weight excluding hydrogens is 342 g/mol. The second kappa shape index (κ2) is 8.84. The fourth-order valence-corrected chi connectivity index (χ4v) is 3.24. The second-order valence-corrected chi connectivity index (χ2v) is 7.50. The molecular formula is C21H29N3O3. The summed E-state index contributed by atoms with van der Waals surface area (Å²) in [5, 5.41) is 5.92. The van der Waals surface area contributed by atoms with Crippen LogP contribution in [0.3, 0.4) is 0 Å². The van der Waals surface area contributed by atoms with Gasteiger partial charge < -0.3 is 15.5 Å². The highest BCUT2D eigenvalue weighted by molar-refractivity contribution is 6.02. The average Bonchev–Trinajstić information content (AvgIpc) is 3.14. The van der Waals surface area contributed by atoms with E-state index >= 15 is 0 Å². The van der Waals surface area contributed by atoms with Crippen molar-refractivity contribution in [2.45, 2.75) is 45.1 Å². The van der Waals surface area contributed by atoms with Gasteiger partial charge in [-0.15, -0.1) is 0 Å². The molecule has 6 nitrogen and oxygen atoms in total. The fourth-order valence-electron chi connectivity index (χ4n) is 3.24. The minimum absolute atomic E-state index is 0.102. The molecule has 0 atom stereocenters. The molecule has 0 aromatic heterocycles. The monoisotopic (exact) mass is 371 g/mol. The molecule has 2 rings (SSSR count). The maximum absolute atomic E-state index is 12.7. The molecule has 0 unspecified atom stereocenters. The largest absolute Gasteiger partial charge is 0.354 e. The summed E-state index contributed by atoms with van der Waals surface area (Å²) in [6.45, 7) is 8.13. The number of carbonyl (C=O) groups is 3. The van der Waals surface area contributed by atoms with Gasteiger partial charge in [0.15, 0.2) is 0 Å². The van der Waals surface area contributed by atoms with Crippen LogP contribution in [-0.2, 0) is 9.59 Å². The number of amides is 3. The third kappa shape index (κ3) is 4.96. The zero-order valence-corrected chi connectivity index (χ0v) is 16.4. The number of benzene rings is 1. The summed E-state index contributed by atoms with van der Waals surface area (Å²) >= 11 is 0. The predicted molar refractivity (Wildman–Crippen MR) is 107 cm³/mol. The van der Waals surface area contributed by atoms with Gasteiger partial charge in [-0.25, -0.2) is 0 Å². The summed E-state index contributed by atoms with van der Waals surface area (Å²) in [4.78, 5) is 38.6. The van der Waals surface area contributed by atoms with Gasteiger partial charge in [0.1, 0.15) is 5.54 Å². The van der Waals surface area contributed by atoms with Crippen molar-refractivity contribution in [1.82, 2.24) is 10.6 Å². The molecule has 2 N–H and O–H groups in total. The van der Waals surface area contributed by atoms with Crippen LogP contribution in [0.2, 0.25) is 0 Å². The van der Waals surface area contributed by atoms with Gasteiger partial charge in [-0.05, 0) is 49.1 Å². The predicted octanol–water partition coefficient (Wildman–Crippen LogP) is 2.65. The summed E-state index contributed by atoms with van der Waals surface area (Å²) in [5.41, 5.74) is 0.295. The van der Waals surface area contributed by atoms with Crippen LogP contribution in [0.4, 0.5) is 5.69 Å². The Balaban J connectivity index is 2.10. The van der Waals surface area contributed by atoms with Crippen molar-refractivity contribution in [2.75, 3.05) is 18.5 Å². The average molecular weight is 371 g/mol. The number of rotatable bonds is 7. The highest BCUT2D eigenvalue weighted by Crippen LogP contribution is 2.30. The van der Waals surface area contributed by atoms with Gasteiger partial charge in [-0.3, -0.25) is 14.4 Å². The van der Waals surface area contributed by atoms with E-state index in [-0.39, 0.29) is 17.7 Å². The minimum atomic E-state index is -0.833. The zero-order valence-electron chi connectivity index (χ0n) is 16.4. The molecule has 0 spiro atoms. The van der Waals surface area contributed by atoms with Gasteiger partial charge in [0.05, 0.1) is 0 Å². The molecule has 27 heavy (non-hydrogen) atoms. The maximum Gasteiger partial charge on any atom is 0.252 e. The van der Waals surface area contributed by atoms with Gasteiger partial charge in [-0.1, -0.05) is 33.3 Å². The molecule has 146 valence electrons. The third-order valence-electron chi connectivity index (χ3n) is 4.94. The summed E-state index contributed by atoms with van der Waals surface area (Å²) < 4.78 is 0. The van der Waals surface area contributed by atoms with E-state index in [1.165, 1.54) is 11.0 Å². The number of anilines is 1. The lowest BCUT2D eigenvalue weighted by molar-refractivity contribution is -0.127. The molecule has 1 aliphatic carbocycles. The molecule has 3 amide bonds. The van der Waals surface area contributed by atoms with Crippen LogP contribution in [0.1, 0.15) is 49.9 Å². The first-order valence-electron chi connectivity index (χ1n) is 9.40. The molecule has 0 aliphatic heterocycles. The summed E-state index contributed by atoms with van der Waals surface area (Å²) in [6.07, 6.45) is 4.38. The molecule has 1 aromatic carbocycles. The normalized spacial score (nSPS) is 15.3. The Morgan fingerprint density at radius 1 is 1.19 bits per heavy atom. The maximum atomic E-state index is 12.7. The molecule has 0 bridgehead atoms. The van der Waals surface area contributed by atoms with Gasteiger partial charge in [0.25, 0.3) is 5.91 Å². The fraction of sp³-hybridized carbons (Fsp3) is 0.476. The Labute approximate surface area is 161 Å². The van der Waals surface area contributed by atoms with Crippen LogP contribution in [0.5, 0.6) is 0 Å². The minimum Gasteiger partial charge on any atom is -0.354 e. The summed E-state index contributed by atoms with van der Waals surface area (Å²) in [7, 11) is 1.64. The van der Waals surface area contributed by atoms with E-state index in [9.17, 15) is 14.4 Å². The molecule has 6 heteroatoms. The lowest BCUT2D eigenvalue weighted by Crippen LogP contribution is -2.57. The molecule has 0 saturated heterocycles. The number of hydrogen-bond donors (Lipinski definition) is 2. The van der Waals surface area contributed by atoms with Crippen molar-refractivity contribution < 1.29 is 14.4 Å². The second-order valence-electron chi connectivity index (χ2n) is 7.50. The van der Waals surface area contributed by atoms with E-state index in [4.69, 9.17) is 0 Å². The van der Waals surface area contributed by atoms with Crippen molar-refractivity contribution in [3.8, 4) is 0 Å². The van der Waals surface area contributed by atoms with E-state index in [2.05, 4.69) is 17.2 Å². The summed E-state index contributed by atoms with van der Waals surface area (Å²) in [5.74, 6) is -0.249. The zero-order chi connectivity index (χ0) is 20.0. The molecule has 1 aliphatic rings. The molecule has 0 radical (unpaired) electrons. The first-order valence-corrected chi connectivity index (χ1v) is 9.40. The SMILES string of the molecule is C=CC(=O)N(C)c1ccc(C(=O)NC2(C(=O)NCC(C)C)CCCC2)cc1. The van der Waals surface area contributed by atoms with Crippen molar-refractivity contribution in [2.24, 2.45) is 5.92 Å². The van der Waals surface area contributed by atoms with E-state index in [1.54, 1.807) is 31.3 Å². The first kappa shape index (κ1) is 20.7. The van der Waals surface area contributed by atoms with Crippen LogP contribution in [-0.4, -0.2) is 36.9 Å². The molecule has 1 saturated carbocycles. The van der Waals surface area contributed by atoms with E-state index < -0.39 is 5.54 Å². The number of carbonyl (C=O) groups excluding carboxylic acids is 3. The molecule has 1 aromatic rings. The van der Waals surface area contributed by atoms with Crippen molar-refractivity contribution in [3.63, 3.8) is 0 Å². The van der Waals surface area contributed by atoms with Crippen molar-refractivity contribution in [3.05, 3.63) is 42.5 Å². The molecule has 0 heterocycles. The Hall–Kier alpha value is -2.63. The van der Waals surface area contributed by atoms with E-state index in [1.807, 2.05) is 13.8 Å². The van der Waals surface area contributed by atoms with E-state index in [0.29, 0.717) is 36.6 Å².